The van der Waals surface area contributed by atoms with Crippen LogP contribution in [0.15, 0.2) is 48.7 Å². The van der Waals surface area contributed by atoms with E-state index in [9.17, 15) is 0 Å². The van der Waals surface area contributed by atoms with Gasteiger partial charge in [-0.2, -0.15) is 0 Å². The maximum atomic E-state index is 6.13. The Labute approximate surface area is 136 Å². The van der Waals surface area contributed by atoms with Gasteiger partial charge in [0.2, 0.25) is 0 Å². The van der Waals surface area contributed by atoms with Gasteiger partial charge in [-0.1, -0.05) is 41.9 Å². The molecule has 3 heteroatoms. The largest absolute Gasteiger partial charge is 0.350 e. The quantitative estimate of drug-likeness (QED) is 0.759. The molecular formula is C19H21ClN2. The van der Waals surface area contributed by atoms with E-state index < -0.39 is 0 Å². The Morgan fingerprint density at radius 3 is 2.68 bits per heavy atom. The zero-order valence-electron chi connectivity index (χ0n) is 13.0. The van der Waals surface area contributed by atoms with Crippen LogP contribution in [0.1, 0.15) is 22.6 Å². The van der Waals surface area contributed by atoms with E-state index in [1.165, 1.54) is 22.1 Å². The van der Waals surface area contributed by atoms with E-state index in [1.807, 2.05) is 12.1 Å². The third-order valence-corrected chi connectivity index (χ3v) is 4.67. The number of benzene rings is 2. The molecule has 0 saturated carbocycles. The molecule has 0 aliphatic carbocycles. The summed E-state index contributed by atoms with van der Waals surface area (Å²) in [6, 6.07) is 14.6. The van der Waals surface area contributed by atoms with Crippen molar-refractivity contribution in [1.29, 1.82) is 0 Å². The Balaban J connectivity index is 2.03. The van der Waals surface area contributed by atoms with E-state index in [4.69, 9.17) is 17.3 Å². The van der Waals surface area contributed by atoms with Gasteiger partial charge in [0, 0.05) is 35.1 Å². The molecule has 1 unspecified atom stereocenters. The molecule has 0 bridgehead atoms. The van der Waals surface area contributed by atoms with E-state index in [-0.39, 0.29) is 0 Å². The van der Waals surface area contributed by atoms with Gasteiger partial charge in [-0.25, -0.2) is 0 Å². The van der Waals surface area contributed by atoms with Crippen molar-refractivity contribution in [2.24, 2.45) is 12.8 Å². The lowest BCUT2D eigenvalue weighted by atomic mass is 9.90. The van der Waals surface area contributed by atoms with Gasteiger partial charge < -0.3 is 10.3 Å². The molecule has 1 atom stereocenters. The van der Waals surface area contributed by atoms with Crippen LogP contribution in [0.4, 0.5) is 0 Å². The molecule has 2 N–H and O–H groups in total. The molecule has 2 aromatic carbocycles. The molecule has 0 spiro atoms. The zero-order chi connectivity index (χ0) is 15.7. The molecule has 0 radical (unpaired) electrons. The Kier molecular flexibility index (Phi) is 4.23. The van der Waals surface area contributed by atoms with Crippen LogP contribution < -0.4 is 5.73 Å². The van der Waals surface area contributed by atoms with E-state index in [0.717, 1.165) is 17.0 Å². The number of rotatable bonds is 4. The average molecular weight is 313 g/mol. The number of aromatic nitrogens is 1. The second kappa shape index (κ2) is 6.15. The summed E-state index contributed by atoms with van der Waals surface area (Å²) in [6.45, 7) is 2.79. The smallest absolute Gasteiger partial charge is 0.0495 e. The fraction of sp³-hybridized carbons (Fsp3) is 0.263. The molecule has 0 aliphatic heterocycles. The lowest BCUT2D eigenvalue weighted by molar-refractivity contribution is 0.693. The van der Waals surface area contributed by atoms with Gasteiger partial charge in [-0.3, -0.25) is 0 Å². The van der Waals surface area contributed by atoms with Crippen LogP contribution in [0.2, 0.25) is 5.02 Å². The standard InChI is InChI=1S/C19H21ClN2/c1-13-5-3-4-6-14(13)9-15(11-21)18-12-22(2)19-10-16(20)7-8-17(18)19/h3-8,10,12,15H,9,11,21H2,1-2H3. The Hall–Kier alpha value is -1.77. The minimum Gasteiger partial charge on any atom is -0.350 e. The summed E-state index contributed by atoms with van der Waals surface area (Å²) in [5, 5.41) is 2.01. The summed E-state index contributed by atoms with van der Waals surface area (Å²) in [4.78, 5) is 0. The SMILES string of the molecule is Cc1ccccc1CC(CN)c1cn(C)c2cc(Cl)ccc12. The van der Waals surface area contributed by atoms with Crippen LogP contribution in [0, 0.1) is 6.92 Å². The molecule has 0 aliphatic rings. The van der Waals surface area contributed by atoms with Crippen molar-refractivity contribution < 1.29 is 0 Å². The van der Waals surface area contributed by atoms with Gasteiger partial charge in [0.05, 0.1) is 0 Å². The van der Waals surface area contributed by atoms with Crippen LogP contribution in [0.3, 0.4) is 0 Å². The fourth-order valence-electron chi connectivity index (χ4n) is 3.14. The summed E-state index contributed by atoms with van der Waals surface area (Å²) in [5.41, 5.74) is 11.2. The van der Waals surface area contributed by atoms with Gasteiger partial charge >= 0.3 is 0 Å². The van der Waals surface area contributed by atoms with Crippen molar-refractivity contribution in [2.45, 2.75) is 19.3 Å². The average Bonchev–Trinajstić information content (AvgIpc) is 2.83. The lowest BCUT2D eigenvalue weighted by Gasteiger charge is -2.16. The number of halogens is 1. The summed E-state index contributed by atoms with van der Waals surface area (Å²) in [5.74, 6) is 0.311. The molecule has 0 saturated heterocycles. The van der Waals surface area contributed by atoms with Crippen LogP contribution in [-0.2, 0) is 13.5 Å². The summed E-state index contributed by atoms with van der Waals surface area (Å²) < 4.78 is 2.14. The molecule has 0 fully saturated rings. The van der Waals surface area contributed by atoms with Gasteiger partial charge in [-0.05, 0) is 48.7 Å². The first-order chi connectivity index (χ1) is 10.6. The molecule has 3 aromatic rings. The highest BCUT2D eigenvalue weighted by molar-refractivity contribution is 6.31. The monoisotopic (exact) mass is 312 g/mol. The van der Waals surface area contributed by atoms with Crippen molar-refractivity contribution in [3.63, 3.8) is 0 Å². The van der Waals surface area contributed by atoms with E-state index >= 15 is 0 Å². The highest BCUT2D eigenvalue weighted by Crippen LogP contribution is 2.31. The topological polar surface area (TPSA) is 30.9 Å². The Morgan fingerprint density at radius 2 is 1.95 bits per heavy atom. The molecule has 22 heavy (non-hydrogen) atoms. The van der Waals surface area contributed by atoms with Gasteiger partial charge in [0.1, 0.15) is 0 Å². The fourth-order valence-corrected chi connectivity index (χ4v) is 3.30. The van der Waals surface area contributed by atoms with Crippen LogP contribution in [0.25, 0.3) is 10.9 Å². The Bertz CT molecular complexity index is 804. The first kappa shape index (κ1) is 15.1. The molecule has 1 heterocycles. The predicted molar refractivity (Wildman–Crippen MR) is 94.6 cm³/mol. The van der Waals surface area contributed by atoms with Gasteiger partial charge in [0.25, 0.3) is 0 Å². The highest BCUT2D eigenvalue weighted by Gasteiger charge is 2.17. The predicted octanol–water partition coefficient (Wildman–Crippen LogP) is 4.43. The second-order valence-corrected chi connectivity index (χ2v) is 6.36. The maximum absolute atomic E-state index is 6.13. The summed E-state index contributed by atoms with van der Waals surface area (Å²) in [7, 11) is 2.06. The van der Waals surface area contributed by atoms with Crippen molar-refractivity contribution in [1.82, 2.24) is 4.57 Å². The molecule has 1 aromatic heterocycles. The number of nitrogens with zero attached hydrogens (tertiary/aromatic N) is 1. The van der Waals surface area contributed by atoms with Crippen LogP contribution in [0.5, 0.6) is 0 Å². The number of fused-ring (bicyclic) bond motifs is 1. The first-order valence-corrected chi connectivity index (χ1v) is 7.97. The second-order valence-electron chi connectivity index (χ2n) is 5.92. The molecule has 0 amide bonds. The highest BCUT2D eigenvalue weighted by atomic mass is 35.5. The number of aryl methyl sites for hydroxylation is 2. The summed E-state index contributed by atoms with van der Waals surface area (Å²) >= 11 is 6.13. The molecule has 114 valence electrons. The third-order valence-electron chi connectivity index (χ3n) is 4.44. The van der Waals surface area contributed by atoms with Crippen molar-refractivity contribution in [3.8, 4) is 0 Å². The van der Waals surface area contributed by atoms with Crippen molar-refractivity contribution >= 4 is 22.5 Å². The number of hydrogen-bond acceptors (Lipinski definition) is 1. The van der Waals surface area contributed by atoms with E-state index in [2.05, 4.69) is 55.1 Å². The summed E-state index contributed by atoms with van der Waals surface area (Å²) in [6.07, 6.45) is 3.15. The van der Waals surface area contributed by atoms with Gasteiger partial charge in [-0.15, -0.1) is 0 Å². The molecular weight excluding hydrogens is 292 g/mol. The van der Waals surface area contributed by atoms with Crippen LogP contribution in [-0.4, -0.2) is 11.1 Å². The Morgan fingerprint density at radius 1 is 1.18 bits per heavy atom. The van der Waals surface area contributed by atoms with Crippen molar-refractivity contribution in [2.75, 3.05) is 6.54 Å². The van der Waals surface area contributed by atoms with E-state index in [0.29, 0.717) is 12.5 Å². The van der Waals surface area contributed by atoms with E-state index in [1.54, 1.807) is 0 Å². The minimum absolute atomic E-state index is 0.311. The zero-order valence-corrected chi connectivity index (χ0v) is 13.8. The molecule has 3 rings (SSSR count). The van der Waals surface area contributed by atoms with Crippen molar-refractivity contribution in [3.05, 3.63) is 70.4 Å². The minimum atomic E-state index is 0.311. The third kappa shape index (κ3) is 2.77. The number of hydrogen-bond donors (Lipinski definition) is 1. The normalized spacial score (nSPS) is 12.7. The first-order valence-electron chi connectivity index (χ1n) is 7.59. The molecule has 2 nitrogen and oxygen atoms in total. The lowest BCUT2D eigenvalue weighted by Crippen LogP contribution is -2.15. The van der Waals surface area contributed by atoms with Gasteiger partial charge in [0.15, 0.2) is 0 Å². The number of nitrogens with two attached hydrogens (primary N) is 1. The maximum Gasteiger partial charge on any atom is 0.0495 e. The van der Waals surface area contributed by atoms with Crippen LogP contribution >= 0.6 is 11.6 Å².